The van der Waals surface area contributed by atoms with Gasteiger partial charge in [-0.05, 0) is 110 Å². The van der Waals surface area contributed by atoms with Crippen LogP contribution in [0.3, 0.4) is 0 Å². The number of allylic oxidation sites excluding steroid dienone is 2. The third-order valence-electron chi connectivity index (χ3n) is 14.1. The van der Waals surface area contributed by atoms with Crippen LogP contribution in [0.15, 0.2) is 212 Å². The summed E-state index contributed by atoms with van der Waals surface area (Å²) in [7, 11) is 0. The number of nitrogens with zero attached hydrogens (tertiary/aromatic N) is 1. The van der Waals surface area contributed by atoms with Crippen LogP contribution in [-0.2, 0) is 5.41 Å². The first kappa shape index (κ1) is 37.1. The molecule has 298 valence electrons. The van der Waals surface area contributed by atoms with Crippen molar-refractivity contribution in [3.05, 3.63) is 229 Å². The van der Waals surface area contributed by atoms with Gasteiger partial charge in [-0.1, -0.05) is 195 Å². The molecule has 2 heteroatoms. The van der Waals surface area contributed by atoms with Gasteiger partial charge in [0.2, 0.25) is 0 Å². The van der Waals surface area contributed by atoms with Crippen LogP contribution in [0.4, 0.5) is 11.4 Å². The Kier molecular flexibility index (Phi) is 9.15. The van der Waals surface area contributed by atoms with Gasteiger partial charge >= 0.3 is 0 Å². The zero-order valence-electron chi connectivity index (χ0n) is 34.8. The minimum atomic E-state index is 0.00445. The number of fused-ring (bicyclic) bond motifs is 8. The lowest BCUT2D eigenvalue weighted by Gasteiger charge is -2.39. The number of hydrogen-bond acceptors (Lipinski definition) is 2. The second kappa shape index (κ2) is 15.3. The highest BCUT2D eigenvalue weighted by Crippen LogP contribution is 2.56. The molecule has 0 N–H and O–H groups in total. The smallest absolute Gasteiger partial charge is 0.0629 e. The first-order chi connectivity index (χ1) is 30.7. The molecule has 0 aliphatic heterocycles. The van der Waals surface area contributed by atoms with E-state index < -0.39 is 0 Å². The summed E-state index contributed by atoms with van der Waals surface area (Å²) in [5.41, 5.74) is 17.4. The standard InChI is InChI=1S/C60H47NS/c1-3-18-42(19-4-1)45-20-5-6-21-46(45)47-22-7-8-23-48(47)51-25-10-13-28-55(51)61(56-29-17-31-58-59(56)52-26-11-14-30-57(52)62-58)44-35-32-41(33-36-44)43-34-37-50-49-24-9-12-27-53(49)60(54(50)40-43)38-15-2-16-39-60/h1,3-14,17-37,40,51,55H,2,15-16,38-39H2. The summed E-state index contributed by atoms with van der Waals surface area (Å²) in [6.45, 7) is 0. The summed E-state index contributed by atoms with van der Waals surface area (Å²) < 4.78 is 2.63. The number of benzene rings is 8. The van der Waals surface area contributed by atoms with Crippen LogP contribution in [-0.4, -0.2) is 6.04 Å². The van der Waals surface area contributed by atoms with Crippen LogP contribution < -0.4 is 4.90 Å². The molecular weight excluding hydrogens is 767 g/mol. The van der Waals surface area contributed by atoms with Gasteiger partial charge in [0.1, 0.15) is 0 Å². The molecule has 0 saturated heterocycles. The molecule has 8 aromatic carbocycles. The molecule has 1 heterocycles. The van der Waals surface area contributed by atoms with Crippen molar-refractivity contribution in [3.8, 4) is 44.5 Å². The van der Waals surface area contributed by atoms with Crippen molar-refractivity contribution in [3.63, 3.8) is 0 Å². The van der Waals surface area contributed by atoms with Gasteiger partial charge in [-0.3, -0.25) is 0 Å². The van der Waals surface area contributed by atoms with Crippen LogP contribution >= 0.6 is 11.3 Å². The lowest BCUT2D eigenvalue weighted by Crippen LogP contribution is -2.35. The molecule has 1 nitrogen and oxygen atoms in total. The van der Waals surface area contributed by atoms with Crippen molar-refractivity contribution in [2.45, 2.75) is 49.5 Å². The molecular formula is C60H47NS. The van der Waals surface area contributed by atoms with Crippen LogP contribution in [0.2, 0.25) is 0 Å². The maximum atomic E-state index is 2.63. The molecule has 1 saturated carbocycles. The number of thiophene rings is 1. The third-order valence-corrected chi connectivity index (χ3v) is 15.3. The Labute approximate surface area is 369 Å². The Morgan fingerprint density at radius 1 is 0.452 bits per heavy atom. The third kappa shape index (κ3) is 6.03. The Hall–Kier alpha value is -6.74. The van der Waals surface area contributed by atoms with Gasteiger partial charge in [-0.15, -0.1) is 11.3 Å². The average Bonchev–Trinajstić information content (AvgIpc) is 3.86. The fourth-order valence-electron chi connectivity index (χ4n) is 11.3. The molecule has 62 heavy (non-hydrogen) atoms. The van der Waals surface area contributed by atoms with E-state index in [1.807, 2.05) is 11.3 Å². The SMILES string of the molecule is C1=CC(c2ccccc2-c2ccccc2-c2ccccc2)C(N(c2ccc(-c3ccc4c(c3)C3(CCCCC3)c3ccccc3-4)cc2)c2cccc3sc4ccccc4c23)C=C1. The molecule has 3 aliphatic rings. The predicted molar refractivity (Wildman–Crippen MR) is 265 cm³/mol. The Morgan fingerprint density at radius 3 is 1.97 bits per heavy atom. The Morgan fingerprint density at radius 2 is 1.11 bits per heavy atom. The lowest BCUT2D eigenvalue weighted by atomic mass is 9.67. The van der Waals surface area contributed by atoms with E-state index >= 15 is 0 Å². The highest BCUT2D eigenvalue weighted by molar-refractivity contribution is 7.26. The molecule has 1 spiro atoms. The number of hydrogen-bond donors (Lipinski definition) is 0. The van der Waals surface area contributed by atoms with Crippen molar-refractivity contribution in [2.24, 2.45) is 0 Å². The predicted octanol–water partition coefficient (Wildman–Crippen LogP) is 16.7. The van der Waals surface area contributed by atoms with Gasteiger partial charge in [-0.2, -0.15) is 0 Å². The molecule has 0 amide bonds. The van der Waals surface area contributed by atoms with Gasteiger partial charge in [0.15, 0.2) is 0 Å². The van der Waals surface area contributed by atoms with Crippen LogP contribution in [0.5, 0.6) is 0 Å². The summed E-state index contributed by atoms with van der Waals surface area (Å²) in [6, 6.07) is 70.6. The van der Waals surface area contributed by atoms with E-state index in [9.17, 15) is 0 Å². The van der Waals surface area contributed by atoms with E-state index in [2.05, 4.69) is 217 Å². The van der Waals surface area contributed by atoms with E-state index in [1.165, 1.54) is 119 Å². The van der Waals surface area contributed by atoms with Gasteiger partial charge in [0.25, 0.3) is 0 Å². The molecule has 1 fully saturated rings. The maximum absolute atomic E-state index is 2.63. The zero-order chi connectivity index (χ0) is 41.0. The van der Waals surface area contributed by atoms with Crippen LogP contribution in [0, 0.1) is 0 Å². The summed E-state index contributed by atoms with van der Waals surface area (Å²) in [5, 5.41) is 2.63. The highest BCUT2D eigenvalue weighted by Gasteiger charge is 2.43. The van der Waals surface area contributed by atoms with E-state index in [-0.39, 0.29) is 17.4 Å². The minimum absolute atomic E-state index is 0.00445. The highest BCUT2D eigenvalue weighted by atomic mass is 32.1. The zero-order valence-corrected chi connectivity index (χ0v) is 35.6. The maximum Gasteiger partial charge on any atom is 0.0629 e. The van der Waals surface area contributed by atoms with Gasteiger partial charge in [0, 0.05) is 37.2 Å². The molecule has 3 aliphatic carbocycles. The van der Waals surface area contributed by atoms with Crippen molar-refractivity contribution >= 4 is 42.9 Å². The quantitative estimate of drug-likeness (QED) is 0.155. The van der Waals surface area contributed by atoms with Gasteiger partial charge < -0.3 is 4.90 Å². The van der Waals surface area contributed by atoms with Crippen molar-refractivity contribution in [1.82, 2.24) is 0 Å². The van der Waals surface area contributed by atoms with Crippen LogP contribution in [0.1, 0.15) is 54.7 Å². The van der Waals surface area contributed by atoms with E-state index in [0.717, 1.165) is 0 Å². The Bertz CT molecular complexity index is 3180. The van der Waals surface area contributed by atoms with Gasteiger partial charge in [0.05, 0.1) is 11.7 Å². The van der Waals surface area contributed by atoms with E-state index in [4.69, 9.17) is 0 Å². The minimum Gasteiger partial charge on any atom is -0.333 e. The molecule has 0 bridgehead atoms. The molecule has 2 atom stereocenters. The molecule has 12 rings (SSSR count). The second-order valence-corrected chi connectivity index (χ2v) is 18.5. The number of rotatable bonds is 7. The molecule has 2 unspecified atom stereocenters. The van der Waals surface area contributed by atoms with Gasteiger partial charge in [-0.25, -0.2) is 0 Å². The fourth-order valence-corrected chi connectivity index (χ4v) is 12.4. The fraction of sp³-hybridized carbons (Fsp3) is 0.133. The first-order valence-corrected chi connectivity index (χ1v) is 23.2. The number of anilines is 2. The molecule has 1 aromatic heterocycles. The summed E-state index contributed by atoms with van der Waals surface area (Å²) in [4.78, 5) is 2.63. The summed E-state index contributed by atoms with van der Waals surface area (Å²) >= 11 is 1.89. The van der Waals surface area contributed by atoms with E-state index in [1.54, 1.807) is 5.56 Å². The average molecular weight is 814 g/mol. The first-order valence-electron chi connectivity index (χ1n) is 22.4. The summed E-state index contributed by atoms with van der Waals surface area (Å²) in [5.74, 6) is 0.0740. The van der Waals surface area contributed by atoms with Crippen molar-refractivity contribution in [1.29, 1.82) is 0 Å². The van der Waals surface area contributed by atoms with Crippen molar-refractivity contribution < 1.29 is 0 Å². The largest absolute Gasteiger partial charge is 0.333 e. The Balaban J connectivity index is 0.998. The van der Waals surface area contributed by atoms with Crippen LogP contribution in [0.25, 0.3) is 64.7 Å². The topological polar surface area (TPSA) is 3.24 Å². The molecule has 9 aromatic rings. The van der Waals surface area contributed by atoms with E-state index in [0.29, 0.717) is 0 Å². The summed E-state index contributed by atoms with van der Waals surface area (Å²) in [6.07, 6.45) is 15.7. The van der Waals surface area contributed by atoms with Crippen molar-refractivity contribution in [2.75, 3.05) is 4.90 Å². The molecule has 0 radical (unpaired) electrons. The monoisotopic (exact) mass is 813 g/mol. The second-order valence-electron chi connectivity index (χ2n) is 17.4. The lowest BCUT2D eigenvalue weighted by molar-refractivity contribution is 0.353. The normalized spacial score (nSPS) is 17.4.